The summed E-state index contributed by atoms with van der Waals surface area (Å²) in [5.41, 5.74) is 22.6. The molecule has 23 rings (SSSR count). The molecule has 0 spiro atoms. The van der Waals surface area contributed by atoms with Crippen LogP contribution in [0.2, 0.25) is 0 Å². The fourth-order valence-electron chi connectivity index (χ4n) is 19.2. The van der Waals surface area contributed by atoms with E-state index in [2.05, 4.69) is 171 Å². The van der Waals surface area contributed by atoms with Crippen molar-refractivity contribution in [1.82, 2.24) is 94.5 Å². The third kappa shape index (κ3) is 24.4. The molecule has 0 radical (unpaired) electrons. The van der Waals surface area contributed by atoms with Gasteiger partial charge in [-0.2, -0.15) is 20.4 Å². The monoisotopic (exact) mass is 2000 g/mol. The molecule has 33 nitrogen and oxygen atoms in total. The predicted octanol–water partition coefficient (Wildman–Crippen LogP) is 21.4. The lowest BCUT2D eigenvalue weighted by Gasteiger charge is -2.28. The number of carbonyl (C=O) groups excluding carboxylic acids is 2. The number of hydrogen-bond acceptors (Lipinski definition) is 28. The molecule has 11 heterocycles. The van der Waals surface area contributed by atoms with Gasteiger partial charge in [-0.05, 0) is 212 Å². The van der Waals surface area contributed by atoms with E-state index in [4.69, 9.17) is 67.8 Å². The van der Waals surface area contributed by atoms with Crippen molar-refractivity contribution in [3.63, 3.8) is 0 Å². The van der Waals surface area contributed by atoms with Crippen LogP contribution >= 0.6 is 0 Å². The van der Waals surface area contributed by atoms with Gasteiger partial charge < -0.3 is 68.1 Å². The number of unbranched alkanes of at least 4 members (excludes halogenated alkanes) is 1. The van der Waals surface area contributed by atoms with Crippen molar-refractivity contribution >= 4 is 101 Å². The molecule has 768 valence electrons. The van der Waals surface area contributed by atoms with Gasteiger partial charge in [0.15, 0.2) is 0 Å². The maximum atomic E-state index is 13.1. The Hall–Kier alpha value is -16.2. The normalized spacial score (nSPS) is 14.4. The number of benzene rings is 9. The minimum atomic E-state index is -0.297. The van der Waals surface area contributed by atoms with Crippen molar-refractivity contribution < 1.29 is 47.5 Å². The third-order valence-corrected chi connectivity index (χ3v) is 28.2. The van der Waals surface area contributed by atoms with Gasteiger partial charge in [-0.3, -0.25) is 53.2 Å². The van der Waals surface area contributed by atoms with Gasteiger partial charge in [0.05, 0.1) is 191 Å². The number of amides is 2. The van der Waals surface area contributed by atoms with Gasteiger partial charge in [0.2, 0.25) is 0 Å². The summed E-state index contributed by atoms with van der Waals surface area (Å²) in [4.78, 5) is 74.9. The van der Waals surface area contributed by atoms with Crippen molar-refractivity contribution in [3.05, 3.63) is 255 Å². The lowest BCUT2D eigenvalue weighted by Crippen LogP contribution is -2.36. The summed E-state index contributed by atoms with van der Waals surface area (Å²) < 4.78 is 52.1. The number of aryl methyl sites for hydroxylation is 3. The van der Waals surface area contributed by atoms with E-state index in [1.807, 2.05) is 119 Å². The third-order valence-electron chi connectivity index (χ3n) is 28.2. The van der Waals surface area contributed by atoms with Gasteiger partial charge in [0, 0.05) is 218 Å². The Balaban J connectivity index is 0.000000125. The van der Waals surface area contributed by atoms with Crippen LogP contribution in [0, 0.1) is 23.7 Å². The first-order valence-electron chi connectivity index (χ1n) is 51.1. The SMILES string of the molecule is C.CCCCn1cc(-c2cnc3ccc(N(CC4CC4)c4cc(OC)cc(OC)c4)cc3n2)cn1.COc1cc(OC)cc(N(CC2CC2)c2ccc3ncc(-c4cnn(C5CCNCC5)c4)nc3c2)c1.COc1cc(OC)cc(N(CC2CC2)c2ccc3ncc(-c4cnn(CCC5CCNCC5)c4)nc3c2)c1.COc1cc(OC)cc(N(CCN2C(=O)c3ccccc3C2=O)c2ccc3ncc(-c4cnn(C)c4)nc3c2)c1. The molecule has 3 saturated carbocycles. The number of imide groups is 1. The molecule has 33 heteroatoms. The minimum Gasteiger partial charge on any atom is -0.497 e. The van der Waals surface area contributed by atoms with Crippen molar-refractivity contribution in [2.75, 3.05) is 135 Å². The first-order chi connectivity index (χ1) is 72.5. The van der Waals surface area contributed by atoms with Crippen LogP contribution in [0.3, 0.4) is 0 Å². The molecule has 2 N–H and O–H groups in total. The lowest BCUT2D eigenvalue weighted by molar-refractivity contribution is 0.0658. The van der Waals surface area contributed by atoms with E-state index >= 15 is 0 Å². The number of hydrogen-bond donors (Lipinski definition) is 2. The maximum absolute atomic E-state index is 13.1. The Bertz CT molecular complexity index is 7430. The summed E-state index contributed by atoms with van der Waals surface area (Å²) in [6.07, 6.45) is 38.5. The largest absolute Gasteiger partial charge is 0.497 e. The van der Waals surface area contributed by atoms with Crippen molar-refractivity contribution in [3.8, 4) is 91.0 Å². The highest BCUT2D eigenvalue weighted by Gasteiger charge is 2.37. The highest BCUT2D eigenvalue weighted by atomic mass is 16.5. The molecule has 2 saturated heterocycles. The highest BCUT2D eigenvalue weighted by molar-refractivity contribution is 6.21. The number of nitrogens with one attached hydrogen (secondary N) is 2. The number of aromatic nitrogens is 16. The lowest BCUT2D eigenvalue weighted by atomic mass is 9.95. The van der Waals surface area contributed by atoms with E-state index in [0.29, 0.717) is 64.2 Å². The Morgan fingerprint density at radius 1 is 0.329 bits per heavy atom. The number of methoxy groups -OCH3 is 8. The second-order valence-electron chi connectivity index (χ2n) is 38.5. The van der Waals surface area contributed by atoms with Crippen LogP contribution < -0.4 is 68.1 Å². The molecule has 3 aliphatic heterocycles. The summed E-state index contributed by atoms with van der Waals surface area (Å²) in [6, 6.07) is 55.7. The van der Waals surface area contributed by atoms with Gasteiger partial charge in [-0.25, -0.2) is 19.9 Å². The molecule has 0 atom stereocenters. The number of nitrogens with zero attached hydrogens (tertiary/aromatic N) is 21. The van der Waals surface area contributed by atoms with Crippen LogP contribution in [-0.2, 0) is 20.1 Å². The Morgan fingerprint density at radius 3 is 1.01 bits per heavy atom. The summed E-state index contributed by atoms with van der Waals surface area (Å²) in [6.45, 7) is 11.7. The topological polar surface area (TPSA) is 323 Å². The number of rotatable bonds is 36. The van der Waals surface area contributed by atoms with Crippen LogP contribution in [0.25, 0.3) is 89.2 Å². The highest BCUT2D eigenvalue weighted by Crippen LogP contribution is 2.45. The smallest absolute Gasteiger partial charge is 0.261 e. The number of ether oxygens (including phenoxy) is 8. The average molecular weight is 2010 g/mol. The standard InChI is InChI=1S/C30H26N6O4.C30H36N6O2.C28H32N6O2.C27H31N5O2.CH4/c1-34-18-19(16-32-34)28-17-31-26-9-8-20(14-27(26)33-28)35(21-12-22(39-2)15-23(13-21)40-3)10-11-36-29(37)24-6-4-5-7-25(24)30(36)38;1-37-26-13-25(14-27(16-26)38-2)36(19-22-3-4-22)24-5-6-28-29(15-24)34-30(18-32-28)23-17-33-35(20-23)12-9-21-7-10-31-11-8-21;1-35-24-11-23(12-25(14-24)36-2)33(17-19-3-4-19)22-5-6-26-27(13-22)32-28(16-30-26)20-15-31-34(18-20)21-7-9-29-10-8-21;1-4-5-10-31-18-20(15-29-31)27-16-28-25-9-8-21(13-26(25)30-27)32(17-19-6-7-19)22-11-23(33-2)14-24(12-22)34-3;/h4-9,12-18H,10-11H2,1-3H3;5-6,13-18,20-22,31H,3-4,7-12,19H2,1-2H3;5-6,11-16,18-19,21,29H,3-4,7-10,17H2,1-2H3;8-9,11-16,18-19H,4-7,10,17H2,1-3H3;1H4. The van der Waals surface area contributed by atoms with E-state index < -0.39 is 0 Å². The van der Waals surface area contributed by atoms with Gasteiger partial charge in [0.1, 0.15) is 46.0 Å². The molecule has 2 amide bonds. The second-order valence-corrected chi connectivity index (χ2v) is 38.5. The zero-order chi connectivity index (χ0) is 102. The summed E-state index contributed by atoms with van der Waals surface area (Å²) in [5.74, 6) is 8.15. The van der Waals surface area contributed by atoms with Crippen LogP contribution in [0.1, 0.15) is 125 Å². The van der Waals surface area contributed by atoms with E-state index in [0.717, 1.165) is 248 Å². The Labute approximate surface area is 867 Å². The van der Waals surface area contributed by atoms with E-state index in [9.17, 15) is 9.59 Å². The second kappa shape index (κ2) is 46.7. The van der Waals surface area contributed by atoms with Gasteiger partial charge in [-0.1, -0.05) is 32.9 Å². The van der Waals surface area contributed by atoms with Crippen LogP contribution in [0.15, 0.2) is 244 Å². The van der Waals surface area contributed by atoms with Gasteiger partial charge in [-0.15, -0.1) is 0 Å². The molecule has 17 aromatic rings. The quantitative estimate of drug-likeness (QED) is 0.0345. The summed E-state index contributed by atoms with van der Waals surface area (Å²) in [5, 5.41) is 24.8. The molecule has 0 bridgehead atoms. The van der Waals surface area contributed by atoms with Crippen molar-refractivity contribution in [2.45, 2.75) is 117 Å². The van der Waals surface area contributed by atoms with E-state index in [1.54, 1.807) is 104 Å². The Kier molecular flexibility index (Phi) is 31.8. The minimum absolute atomic E-state index is 0. The summed E-state index contributed by atoms with van der Waals surface area (Å²) in [7, 11) is 15.1. The number of carbonyl (C=O) groups is 2. The summed E-state index contributed by atoms with van der Waals surface area (Å²) >= 11 is 0. The van der Waals surface area contributed by atoms with Gasteiger partial charge in [0.25, 0.3) is 11.8 Å². The molecular formula is C116H129N23O10. The van der Waals surface area contributed by atoms with Crippen LogP contribution in [0.4, 0.5) is 45.5 Å². The fraction of sp³-hybridized carbons (Fsp3) is 0.345. The van der Waals surface area contributed by atoms with E-state index in [1.165, 1.54) is 62.7 Å². The zero-order valence-corrected chi connectivity index (χ0v) is 85.4. The van der Waals surface area contributed by atoms with Crippen molar-refractivity contribution in [2.24, 2.45) is 30.7 Å². The molecule has 3 aliphatic carbocycles. The molecule has 0 unspecified atom stereocenters. The maximum Gasteiger partial charge on any atom is 0.261 e. The number of piperidine rings is 2. The molecule has 8 aromatic heterocycles. The Morgan fingerprint density at radius 2 is 0.658 bits per heavy atom. The van der Waals surface area contributed by atoms with Crippen LogP contribution in [0.5, 0.6) is 46.0 Å². The van der Waals surface area contributed by atoms with Crippen molar-refractivity contribution in [1.29, 1.82) is 0 Å². The number of fused-ring (bicyclic) bond motifs is 5. The molecule has 149 heavy (non-hydrogen) atoms. The van der Waals surface area contributed by atoms with Gasteiger partial charge >= 0.3 is 0 Å². The zero-order valence-electron chi connectivity index (χ0n) is 85.4. The fourth-order valence-corrected chi connectivity index (χ4v) is 19.2. The average Bonchev–Trinajstić information content (AvgIpc) is 1.56. The first-order valence-corrected chi connectivity index (χ1v) is 51.1. The first kappa shape index (κ1) is 101. The molecular weight excluding hydrogens is 1880 g/mol. The molecule has 6 aliphatic rings. The number of anilines is 8. The van der Waals surface area contributed by atoms with Crippen LogP contribution in [-0.4, -0.2) is 211 Å². The molecule has 9 aromatic carbocycles. The molecule has 5 fully saturated rings. The predicted molar refractivity (Wildman–Crippen MR) is 583 cm³/mol. The van der Waals surface area contributed by atoms with E-state index in [-0.39, 0.29) is 25.8 Å².